The van der Waals surface area contributed by atoms with E-state index in [1.807, 2.05) is 0 Å². The Kier molecular flexibility index (Phi) is 4.00. The molecule has 7 heteroatoms. The van der Waals surface area contributed by atoms with Gasteiger partial charge in [-0.1, -0.05) is 5.16 Å². The molecule has 0 saturated carbocycles. The van der Waals surface area contributed by atoms with Gasteiger partial charge in [0, 0.05) is 19.6 Å². The molecule has 0 radical (unpaired) electrons. The molecule has 1 aliphatic rings. The van der Waals surface area contributed by atoms with Crippen molar-refractivity contribution in [1.82, 2.24) is 20.4 Å². The molecule has 0 spiro atoms. The molecule has 18 heavy (non-hydrogen) atoms. The van der Waals surface area contributed by atoms with Crippen LogP contribution in [0.3, 0.4) is 0 Å². The minimum Gasteiger partial charge on any atom is -0.472 e. The van der Waals surface area contributed by atoms with Crippen LogP contribution in [0.5, 0.6) is 0 Å². The van der Waals surface area contributed by atoms with Crippen molar-refractivity contribution in [2.24, 2.45) is 0 Å². The highest BCUT2D eigenvalue weighted by atomic mass is 35.5. The molecular weight excluding hydrogens is 256 g/mol. The number of piperazine rings is 1. The number of nitrogens with zero attached hydrogens (tertiary/aromatic N) is 3. The van der Waals surface area contributed by atoms with Gasteiger partial charge in [0.1, 0.15) is 6.26 Å². The Balaban J connectivity index is 0.00000120. The van der Waals surface area contributed by atoms with Crippen LogP contribution >= 0.6 is 12.4 Å². The second kappa shape index (κ2) is 5.51. The number of furan rings is 1. The normalized spacial score (nSPS) is 20.6. The Morgan fingerprint density at radius 2 is 2.39 bits per heavy atom. The van der Waals surface area contributed by atoms with Crippen molar-refractivity contribution in [3.8, 4) is 11.5 Å². The maximum atomic E-state index is 5.24. The molecular formula is C11H15ClN4O2. The summed E-state index contributed by atoms with van der Waals surface area (Å²) in [5, 5.41) is 7.36. The summed E-state index contributed by atoms with van der Waals surface area (Å²) < 4.78 is 10.2. The van der Waals surface area contributed by atoms with E-state index in [4.69, 9.17) is 8.94 Å². The number of rotatable bonds is 2. The zero-order chi connectivity index (χ0) is 11.7. The van der Waals surface area contributed by atoms with Crippen LogP contribution in [-0.2, 0) is 0 Å². The first-order valence-corrected chi connectivity index (χ1v) is 5.62. The lowest BCUT2D eigenvalue weighted by Gasteiger charge is -2.30. The van der Waals surface area contributed by atoms with Crippen molar-refractivity contribution in [2.45, 2.75) is 6.04 Å². The van der Waals surface area contributed by atoms with E-state index in [1.54, 1.807) is 18.6 Å². The third kappa shape index (κ3) is 2.40. The molecule has 1 aliphatic heterocycles. The van der Waals surface area contributed by atoms with E-state index in [2.05, 4.69) is 27.4 Å². The smallest absolute Gasteiger partial charge is 0.261 e. The molecule has 0 aliphatic carbocycles. The lowest BCUT2D eigenvalue weighted by Crippen LogP contribution is -2.44. The van der Waals surface area contributed by atoms with E-state index in [9.17, 15) is 0 Å². The maximum absolute atomic E-state index is 5.24. The lowest BCUT2D eigenvalue weighted by atomic mass is 10.2. The van der Waals surface area contributed by atoms with Crippen molar-refractivity contribution < 1.29 is 8.94 Å². The SMILES string of the molecule is CN1CCNCC1c1noc(-c2ccoc2)n1.Cl. The third-order valence-electron chi connectivity index (χ3n) is 3.02. The van der Waals surface area contributed by atoms with Gasteiger partial charge in [0.05, 0.1) is 17.9 Å². The van der Waals surface area contributed by atoms with Crippen molar-refractivity contribution >= 4 is 12.4 Å². The third-order valence-corrected chi connectivity index (χ3v) is 3.02. The van der Waals surface area contributed by atoms with Gasteiger partial charge in [0.15, 0.2) is 5.82 Å². The van der Waals surface area contributed by atoms with Gasteiger partial charge in [0.2, 0.25) is 0 Å². The number of hydrogen-bond acceptors (Lipinski definition) is 6. The molecule has 6 nitrogen and oxygen atoms in total. The molecule has 0 amide bonds. The summed E-state index contributed by atoms with van der Waals surface area (Å²) in [6.07, 6.45) is 3.19. The van der Waals surface area contributed by atoms with Crippen LogP contribution in [0, 0.1) is 0 Å². The highest BCUT2D eigenvalue weighted by Crippen LogP contribution is 2.22. The molecule has 2 aromatic rings. The van der Waals surface area contributed by atoms with Gasteiger partial charge in [-0.3, -0.25) is 4.90 Å². The summed E-state index contributed by atoms with van der Waals surface area (Å²) in [4.78, 5) is 6.63. The molecule has 1 fully saturated rings. The second-order valence-electron chi connectivity index (χ2n) is 4.17. The molecule has 3 rings (SSSR count). The monoisotopic (exact) mass is 270 g/mol. The fourth-order valence-corrected chi connectivity index (χ4v) is 1.97. The van der Waals surface area contributed by atoms with Crippen LogP contribution < -0.4 is 5.32 Å². The van der Waals surface area contributed by atoms with Crippen LogP contribution in [0.2, 0.25) is 0 Å². The summed E-state index contributed by atoms with van der Waals surface area (Å²) in [5.41, 5.74) is 0.815. The zero-order valence-electron chi connectivity index (χ0n) is 10.00. The molecule has 0 aromatic carbocycles. The van der Waals surface area contributed by atoms with Gasteiger partial charge in [-0.25, -0.2) is 0 Å². The van der Waals surface area contributed by atoms with Crippen LogP contribution in [0.1, 0.15) is 11.9 Å². The van der Waals surface area contributed by atoms with E-state index in [0.29, 0.717) is 5.89 Å². The largest absolute Gasteiger partial charge is 0.472 e. The van der Waals surface area contributed by atoms with Crippen molar-refractivity contribution in [3.63, 3.8) is 0 Å². The summed E-state index contributed by atoms with van der Waals surface area (Å²) in [6, 6.07) is 1.98. The van der Waals surface area contributed by atoms with Crippen LogP contribution in [0.4, 0.5) is 0 Å². The van der Waals surface area contributed by atoms with Crippen LogP contribution in [0.15, 0.2) is 27.5 Å². The number of aromatic nitrogens is 2. The van der Waals surface area contributed by atoms with Gasteiger partial charge in [0.25, 0.3) is 5.89 Å². The molecule has 0 bridgehead atoms. The minimum atomic E-state index is 0. The van der Waals surface area contributed by atoms with Crippen molar-refractivity contribution in [1.29, 1.82) is 0 Å². The number of hydrogen-bond donors (Lipinski definition) is 1. The highest BCUT2D eigenvalue weighted by molar-refractivity contribution is 5.85. The van der Waals surface area contributed by atoms with Gasteiger partial charge >= 0.3 is 0 Å². The minimum absolute atomic E-state index is 0. The Bertz CT molecular complexity index is 485. The van der Waals surface area contributed by atoms with Gasteiger partial charge in [-0.2, -0.15) is 4.98 Å². The Morgan fingerprint density at radius 3 is 3.11 bits per heavy atom. The maximum Gasteiger partial charge on any atom is 0.261 e. The Morgan fingerprint density at radius 1 is 1.50 bits per heavy atom. The molecule has 98 valence electrons. The topological polar surface area (TPSA) is 67.3 Å². The van der Waals surface area contributed by atoms with Gasteiger partial charge < -0.3 is 14.3 Å². The number of nitrogens with one attached hydrogen (secondary N) is 1. The first-order valence-electron chi connectivity index (χ1n) is 5.62. The average molecular weight is 271 g/mol. The quantitative estimate of drug-likeness (QED) is 0.888. The average Bonchev–Trinajstić information content (AvgIpc) is 3.00. The Hall–Kier alpha value is -1.37. The molecule has 1 atom stereocenters. The van der Waals surface area contributed by atoms with E-state index in [1.165, 1.54) is 0 Å². The summed E-state index contributed by atoms with van der Waals surface area (Å²) in [6.45, 7) is 2.83. The van der Waals surface area contributed by atoms with Gasteiger partial charge in [-0.05, 0) is 13.1 Å². The fraction of sp³-hybridized carbons (Fsp3) is 0.455. The lowest BCUT2D eigenvalue weighted by molar-refractivity contribution is 0.190. The van der Waals surface area contributed by atoms with E-state index < -0.39 is 0 Å². The first kappa shape index (κ1) is 13.1. The van der Waals surface area contributed by atoms with Gasteiger partial charge in [-0.15, -0.1) is 12.4 Å². The zero-order valence-corrected chi connectivity index (χ0v) is 10.8. The molecule has 2 aromatic heterocycles. The summed E-state index contributed by atoms with van der Waals surface area (Å²) in [5.74, 6) is 1.23. The fourth-order valence-electron chi connectivity index (χ4n) is 1.97. The highest BCUT2D eigenvalue weighted by Gasteiger charge is 2.25. The van der Waals surface area contributed by atoms with E-state index >= 15 is 0 Å². The Labute approximate surface area is 111 Å². The van der Waals surface area contributed by atoms with Crippen LogP contribution in [-0.4, -0.2) is 41.7 Å². The van der Waals surface area contributed by atoms with E-state index in [0.717, 1.165) is 31.0 Å². The molecule has 3 heterocycles. The summed E-state index contributed by atoms with van der Waals surface area (Å²) >= 11 is 0. The second-order valence-corrected chi connectivity index (χ2v) is 4.17. The summed E-state index contributed by atoms with van der Waals surface area (Å²) in [7, 11) is 2.07. The predicted molar refractivity (Wildman–Crippen MR) is 67.5 cm³/mol. The van der Waals surface area contributed by atoms with Crippen molar-refractivity contribution in [3.05, 3.63) is 24.4 Å². The van der Waals surface area contributed by atoms with Crippen LogP contribution in [0.25, 0.3) is 11.5 Å². The van der Waals surface area contributed by atoms with E-state index in [-0.39, 0.29) is 18.4 Å². The molecule has 1 N–H and O–H groups in total. The molecule has 1 unspecified atom stereocenters. The predicted octanol–water partition coefficient (Wildman–Crippen LogP) is 1.33. The molecule has 1 saturated heterocycles. The number of likely N-dealkylation sites (N-methyl/N-ethyl adjacent to an activating group) is 1. The first-order chi connectivity index (χ1) is 8.34. The number of halogens is 1. The van der Waals surface area contributed by atoms with Crippen molar-refractivity contribution in [2.75, 3.05) is 26.7 Å². The standard InChI is InChI=1S/C11H14N4O2.ClH/c1-15-4-3-12-6-9(15)10-13-11(17-14-10)8-2-5-16-7-8;/h2,5,7,9,12H,3-4,6H2,1H3;1H.